The number of nitrogens with zero attached hydrogens (tertiary/aromatic N) is 1. The number of hydrogen-bond donors (Lipinski definition) is 0. The van der Waals surface area contributed by atoms with Crippen LogP contribution in [0, 0.1) is 6.92 Å². The monoisotopic (exact) mass is 259 g/mol. The summed E-state index contributed by atoms with van der Waals surface area (Å²) in [5.41, 5.74) is 2.75. The van der Waals surface area contributed by atoms with Gasteiger partial charge in [-0.1, -0.05) is 35.9 Å². The Hall–Kier alpha value is -1.80. The minimum absolute atomic E-state index is 0.557. The van der Waals surface area contributed by atoms with Crippen LogP contribution in [0.5, 0.6) is 0 Å². The zero-order chi connectivity index (χ0) is 13.0. The van der Waals surface area contributed by atoms with E-state index in [4.69, 9.17) is 16.3 Å². The third-order valence-electron chi connectivity index (χ3n) is 2.54. The van der Waals surface area contributed by atoms with Gasteiger partial charge >= 0.3 is 0 Å². The van der Waals surface area contributed by atoms with Crippen LogP contribution in [0.3, 0.4) is 0 Å². The Morgan fingerprint density at radius 1 is 1.11 bits per heavy atom. The largest absolute Gasteiger partial charge is 0.481 e. The summed E-state index contributed by atoms with van der Waals surface area (Å²) in [4.78, 5) is 4.45. The van der Waals surface area contributed by atoms with Crippen LogP contribution in [-0.2, 0) is 4.74 Å². The van der Waals surface area contributed by atoms with Crippen molar-refractivity contribution in [2.45, 2.75) is 6.92 Å². The fraction of sp³-hybridized carbons (Fsp3) is 0.133. The number of methoxy groups -OCH3 is 1. The van der Waals surface area contributed by atoms with Crippen molar-refractivity contribution in [3.8, 4) is 0 Å². The Kier molecular flexibility index (Phi) is 4.00. The lowest BCUT2D eigenvalue weighted by Gasteiger charge is -2.06. The van der Waals surface area contributed by atoms with Gasteiger partial charge in [0, 0.05) is 5.56 Å². The van der Waals surface area contributed by atoms with Gasteiger partial charge in [-0.05, 0) is 36.8 Å². The van der Waals surface area contributed by atoms with Crippen LogP contribution in [0.1, 0.15) is 11.1 Å². The standard InChI is InChI=1S/C15H14ClNO/c1-11-8-9-14(13(16)10-11)17-15(18-2)12-6-4-3-5-7-12/h3-10H,1-2H3. The summed E-state index contributed by atoms with van der Waals surface area (Å²) in [5.74, 6) is 0.557. The van der Waals surface area contributed by atoms with Crippen molar-refractivity contribution in [3.05, 3.63) is 64.7 Å². The average Bonchev–Trinajstić information content (AvgIpc) is 2.39. The van der Waals surface area contributed by atoms with Crippen LogP contribution in [0.4, 0.5) is 5.69 Å². The Bertz CT molecular complexity index is 564. The van der Waals surface area contributed by atoms with Crippen LogP contribution in [-0.4, -0.2) is 13.0 Å². The highest BCUT2D eigenvalue weighted by Gasteiger charge is 2.05. The van der Waals surface area contributed by atoms with E-state index in [1.165, 1.54) is 0 Å². The zero-order valence-corrected chi connectivity index (χ0v) is 11.1. The molecule has 0 N–H and O–H groups in total. The molecule has 0 unspecified atom stereocenters. The first kappa shape index (κ1) is 12.7. The second-order valence-corrected chi connectivity index (χ2v) is 4.35. The maximum absolute atomic E-state index is 6.16. The number of rotatable bonds is 2. The predicted octanol–water partition coefficient (Wildman–Crippen LogP) is 4.37. The second-order valence-electron chi connectivity index (χ2n) is 3.94. The molecule has 0 heterocycles. The molecule has 3 heteroatoms. The van der Waals surface area contributed by atoms with Gasteiger partial charge < -0.3 is 4.74 Å². The van der Waals surface area contributed by atoms with Crippen LogP contribution in [0.15, 0.2) is 53.5 Å². The number of aliphatic imine (C=N–C) groups is 1. The molecular formula is C15H14ClNO. The maximum Gasteiger partial charge on any atom is 0.221 e. The van der Waals surface area contributed by atoms with Crippen molar-refractivity contribution in [1.82, 2.24) is 0 Å². The number of halogens is 1. The van der Waals surface area contributed by atoms with E-state index in [0.717, 1.165) is 11.1 Å². The van der Waals surface area contributed by atoms with Crippen molar-refractivity contribution >= 4 is 23.2 Å². The van der Waals surface area contributed by atoms with Gasteiger partial charge in [-0.3, -0.25) is 0 Å². The summed E-state index contributed by atoms with van der Waals surface area (Å²) < 4.78 is 5.32. The van der Waals surface area contributed by atoms with Crippen molar-refractivity contribution in [2.24, 2.45) is 4.99 Å². The molecule has 0 spiro atoms. The van der Waals surface area contributed by atoms with Gasteiger partial charge in [-0.25, -0.2) is 4.99 Å². The van der Waals surface area contributed by atoms with Crippen LogP contribution in [0.2, 0.25) is 5.02 Å². The highest BCUT2D eigenvalue weighted by atomic mass is 35.5. The first-order chi connectivity index (χ1) is 8.70. The first-order valence-electron chi connectivity index (χ1n) is 5.65. The van der Waals surface area contributed by atoms with E-state index in [9.17, 15) is 0 Å². The Labute approximate surface area is 112 Å². The van der Waals surface area contributed by atoms with Crippen molar-refractivity contribution in [3.63, 3.8) is 0 Å². The Morgan fingerprint density at radius 3 is 2.44 bits per heavy atom. The SMILES string of the molecule is COC(=Nc1ccc(C)cc1Cl)c1ccccc1. The van der Waals surface area contributed by atoms with E-state index in [1.807, 2.05) is 55.5 Å². The van der Waals surface area contributed by atoms with Gasteiger partial charge in [0.25, 0.3) is 0 Å². The molecule has 92 valence electrons. The van der Waals surface area contributed by atoms with E-state index in [1.54, 1.807) is 7.11 Å². The summed E-state index contributed by atoms with van der Waals surface area (Å²) in [6, 6.07) is 15.5. The molecule has 0 fully saturated rings. The molecule has 2 aromatic rings. The van der Waals surface area contributed by atoms with Gasteiger partial charge in [0.15, 0.2) is 0 Å². The minimum Gasteiger partial charge on any atom is -0.481 e. The molecule has 18 heavy (non-hydrogen) atoms. The second kappa shape index (κ2) is 5.69. The molecule has 0 aliphatic rings. The molecule has 0 bridgehead atoms. The third kappa shape index (κ3) is 2.90. The molecule has 0 amide bonds. The smallest absolute Gasteiger partial charge is 0.221 e. The summed E-state index contributed by atoms with van der Waals surface area (Å²) in [6.45, 7) is 1.99. The molecule has 0 radical (unpaired) electrons. The lowest BCUT2D eigenvalue weighted by Crippen LogP contribution is -2.02. The van der Waals surface area contributed by atoms with Gasteiger partial charge in [0.2, 0.25) is 5.90 Å². The molecule has 0 saturated heterocycles. The van der Waals surface area contributed by atoms with Crippen molar-refractivity contribution in [1.29, 1.82) is 0 Å². The predicted molar refractivity (Wildman–Crippen MR) is 75.8 cm³/mol. The minimum atomic E-state index is 0.557. The third-order valence-corrected chi connectivity index (χ3v) is 2.84. The fourth-order valence-corrected chi connectivity index (χ4v) is 1.90. The molecule has 0 atom stereocenters. The van der Waals surface area contributed by atoms with E-state index in [0.29, 0.717) is 16.6 Å². The topological polar surface area (TPSA) is 21.6 Å². The molecular weight excluding hydrogens is 246 g/mol. The quantitative estimate of drug-likeness (QED) is 0.580. The summed E-state index contributed by atoms with van der Waals surface area (Å²) in [7, 11) is 1.61. The maximum atomic E-state index is 6.16. The number of benzene rings is 2. The molecule has 0 aromatic heterocycles. The Balaban J connectivity index is 2.41. The van der Waals surface area contributed by atoms with Crippen molar-refractivity contribution in [2.75, 3.05) is 7.11 Å². The number of hydrogen-bond acceptors (Lipinski definition) is 2. The molecule has 0 saturated carbocycles. The van der Waals surface area contributed by atoms with Gasteiger partial charge in [-0.2, -0.15) is 0 Å². The number of aryl methyl sites for hydroxylation is 1. The van der Waals surface area contributed by atoms with Gasteiger partial charge in [0.05, 0.1) is 17.8 Å². The number of ether oxygens (including phenoxy) is 1. The Morgan fingerprint density at radius 2 is 1.83 bits per heavy atom. The summed E-state index contributed by atoms with van der Waals surface area (Å²) in [5, 5.41) is 0.625. The van der Waals surface area contributed by atoms with Crippen LogP contribution in [0.25, 0.3) is 0 Å². The van der Waals surface area contributed by atoms with E-state index < -0.39 is 0 Å². The summed E-state index contributed by atoms with van der Waals surface area (Å²) in [6.07, 6.45) is 0. The average molecular weight is 260 g/mol. The molecule has 2 nitrogen and oxygen atoms in total. The molecule has 2 rings (SSSR count). The van der Waals surface area contributed by atoms with Crippen LogP contribution >= 0.6 is 11.6 Å². The molecule has 2 aromatic carbocycles. The normalized spacial score (nSPS) is 11.4. The molecule has 0 aliphatic carbocycles. The van der Waals surface area contributed by atoms with E-state index in [-0.39, 0.29) is 0 Å². The highest BCUT2D eigenvalue weighted by Crippen LogP contribution is 2.26. The molecule has 0 aliphatic heterocycles. The van der Waals surface area contributed by atoms with E-state index in [2.05, 4.69) is 4.99 Å². The van der Waals surface area contributed by atoms with Crippen LogP contribution < -0.4 is 0 Å². The van der Waals surface area contributed by atoms with Gasteiger partial charge in [0.1, 0.15) is 0 Å². The van der Waals surface area contributed by atoms with Crippen molar-refractivity contribution < 1.29 is 4.74 Å². The zero-order valence-electron chi connectivity index (χ0n) is 10.4. The lowest BCUT2D eigenvalue weighted by atomic mass is 10.2. The highest BCUT2D eigenvalue weighted by molar-refractivity contribution is 6.33. The van der Waals surface area contributed by atoms with E-state index >= 15 is 0 Å². The first-order valence-corrected chi connectivity index (χ1v) is 6.03. The fourth-order valence-electron chi connectivity index (χ4n) is 1.62. The summed E-state index contributed by atoms with van der Waals surface area (Å²) >= 11 is 6.16. The lowest BCUT2D eigenvalue weighted by molar-refractivity contribution is 0.405. The van der Waals surface area contributed by atoms with Gasteiger partial charge in [-0.15, -0.1) is 0 Å².